The molecule has 3 heteroatoms. The van der Waals surface area contributed by atoms with Gasteiger partial charge in [0.1, 0.15) is 5.75 Å². The van der Waals surface area contributed by atoms with Crippen molar-refractivity contribution in [3.05, 3.63) is 23.3 Å². The van der Waals surface area contributed by atoms with Gasteiger partial charge in [-0.1, -0.05) is 6.07 Å². The highest BCUT2D eigenvalue weighted by Gasteiger charge is 2.13. The van der Waals surface area contributed by atoms with Gasteiger partial charge >= 0.3 is 0 Å². The predicted molar refractivity (Wildman–Crippen MR) is 81.2 cm³/mol. The Morgan fingerprint density at radius 3 is 2.89 bits per heavy atom. The van der Waals surface area contributed by atoms with Gasteiger partial charge in [0.15, 0.2) is 0 Å². The van der Waals surface area contributed by atoms with Gasteiger partial charge in [0.05, 0.1) is 12.8 Å². The first-order valence-electron chi connectivity index (χ1n) is 7.30. The summed E-state index contributed by atoms with van der Waals surface area (Å²) < 4.78 is 5.47. The Labute approximate surface area is 116 Å². The largest absolute Gasteiger partial charge is 0.495 e. The van der Waals surface area contributed by atoms with Gasteiger partial charge < -0.3 is 15.4 Å². The van der Waals surface area contributed by atoms with Crippen LogP contribution in [-0.2, 0) is 0 Å². The van der Waals surface area contributed by atoms with Gasteiger partial charge in [-0.15, -0.1) is 0 Å². The lowest BCUT2D eigenvalue weighted by atomic mass is 9.96. The van der Waals surface area contributed by atoms with E-state index in [1.165, 1.54) is 43.5 Å². The SMILES string of the molecule is COc1cc(C)cc(C)c1NCCC1CCCNC1. The molecule has 1 saturated heterocycles. The average molecular weight is 262 g/mol. The van der Waals surface area contributed by atoms with Crippen molar-refractivity contribution in [3.8, 4) is 5.75 Å². The number of rotatable bonds is 5. The molecule has 1 aliphatic rings. The molecule has 0 radical (unpaired) electrons. The second-order valence-corrected chi connectivity index (χ2v) is 5.59. The molecule has 0 aromatic heterocycles. The standard InChI is InChI=1S/C16H26N2O/c1-12-9-13(2)16(15(10-12)19-3)18-8-6-14-5-4-7-17-11-14/h9-10,14,17-18H,4-8,11H2,1-3H3. The summed E-state index contributed by atoms with van der Waals surface area (Å²) in [6.45, 7) is 7.63. The molecule has 1 fully saturated rings. The third kappa shape index (κ3) is 3.87. The first-order chi connectivity index (χ1) is 9.20. The van der Waals surface area contributed by atoms with Crippen LogP contribution < -0.4 is 15.4 Å². The normalized spacial score (nSPS) is 19.2. The number of nitrogens with one attached hydrogen (secondary N) is 2. The summed E-state index contributed by atoms with van der Waals surface area (Å²) in [7, 11) is 1.74. The Kier molecular flexibility index (Phi) is 5.08. The fourth-order valence-electron chi connectivity index (χ4n) is 2.89. The molecule has 1 aromatic carbocycles. The third-order valence-corrected chi connectivity index (χ3v) is 3.92. The van der Waals surface area contributed by atoms with Crippen LogP contribution in [0.3, 0.4) is 0 Å². The van der Waals surface area contributed by atoms with Crippen molar-refractivity contribution in [3.63, 3.8) is 0 Å². The predicted octanol–water partition coefficient (Wildman–Crippen LogP) is 3.11. The third-order valence-electron chi connectivity index (χ3n) is 3.92. The van der Waals surface area contributed by atoms with Crippen molar-refractivity contribution in [1.82, 2.24) is 5.32 Å². The molecular weight excluding hydrogens is 236 g/mol. The van der Waals surface area contributed by atoms with Gasteiger partial charge in [-0.2, -0.15) is 0 Å². The Morgan fingerprint density at radius 2 is 2.21 bits per heavy atom. The van der Waals surface area contributed by atoms with Crippen molar-refractivity contribution < 1.29 is 4.74 Å². The second kappa shape index (κ2) is 6.80. The minimum absolute atomic E-state index is 0.818. The van der Waals surface area contributed by atoms with Crippen LogP contribution in [0.1, 0.15) is 30.4 Å². The first-order valence-corrected chi connectivity index (χ1v) is 7.30. The Balaban J connectivity index is 1.91. The molecule has 0 bridgehead atoms. The summed E-state index contributed by atoms with van der Waals surface area (Å²) in [6, 6.07) is 4.30. The van der Waals surface area contributed by atoms with Crippen LogP contribution in [0.2, 0.25) is 0 Å². The highest BCUT2D eigenvalue weighted by atomic mass is 16.5. The van der Waals surface area contributed by atoms with E-state index in [4.69, 9.17) is 4.74 Å². The van der Waals surface area contributed by atoms with Gasteiger partial charge in [0.2, 0.25) is 0 Å². The summed E-state index contributed by atoms with van der Waals surface area (Å²) in [5.41, 5.74) is 3.66. The fourth-order valence-corrected chi connectivity index (χ4v) is 2.89. The fraction of sp³-hybridized carbons (Fsp3) is 0.625. The molecule has 0 spiro atoms. The molecule has 19 heavy (non-hydrogen) atoms. The van der Waals surface area contributed by atoms with Crippen molar-refractivity contribution in [2.24, 2.45) is 5.92 Å². The molecule has 0 aliphatic carbocycles. The zero-order chi connectivity index (χ0) is 13.7. The van der Waals surface area contributed by atoms with E-state index in [9.17, 15) is 0 Å². The summed E-state index contributed by atoms with van der Waals surface area (Å²) in [5.74, 6) is 1.78. The molecule has 1 unspecified atom stereocenters. The molecule has 0 amide bonds. The molecule has 1 aliphatic heterocycles. The zero-order valence-electron chi connectivity index (χ0n) is 12.4. The van der Waals surface area contributed by atoms with Crippen LogP contribution in [-0.4, -0.2) is 26.7 Å². The lowest BCUT2D eigenvalue weighted by molar-refractivity contribution is 0.364. The van der Waals surface area contributed by atoms with E-state index < -0.39 is 0 Å². The van der Waals surface area contributed by atoms with Crippen molar-refractivity contribution >= 4 is 5.69 Å². The molecule has 0 saturated carbocycles. The number of aryl methyl sites for hydroxylation is 2. The number of methoxy groups -OCH3 is 1. The van der Waals surface area contributed by atoms with Gasteiger partial charge in [-0.05, 0) is 69.3 Å². The minimum Gasteiger partial charge on any atom is -0.495 e. The smallest absolute Gasteiger partial charge is 0.142 e. The molecule has 1 atom stereocenters. The van der Waals surface area contributed by atoms with Crippen LogP contribution >= 0.6 is 0 Å². The topological polar surface area (TPSA) is 33.3 Å². The number of benzene rings is 1. The van der Waals surface area contributed by atoms with E-state index in [0.717, 1.165) is 23.9 Å². The van der Waals surface area contributed by atoms with Gasteiger partial charge in [-0.25, -0.2) is 0 Å². The maximum absolute atomic E-state index is 5.47. The molecule has 2 N–H and O–H groups in total. The number of ether oxygens (including phenoxy) is 1. The van der Waals surface area contributed by atoms with Crippen molar-refractivity contribution in [2.75, 3.05) is 32.1 Å². The monoisotopic (exact) mass is 262 g/mol. The molecule has 1 heterocycles. The van der Waals surface area contributed by atoms with Crippen LogP contribution in [0.4, 0.5) is 5.69 Å². The van der Waals surface area contributed by atoms with Crippen LogP contribution in [0.5, 0.6) is 5.75 Å². The molecule has 3 nitrogen and oxygen atoms in total. The molecule has 2 rings (SSSR count). The summed E-state index contributed by atoms with van der Waals surface area (Å²) in [6.07, 6.45) is 3.90. The maximum Gasteiger partial charge on any atom is 0.142 e. The van der Waals surface area contributed by atoms with Gasteiger partial charge in [0, 0.05) is 6.54 Å². The molecule has 1 aromatic rings. The number of hydrogen-bond donors (Lipinski definition) is 2. The van der Waals surface area contributed by atoms with Crippen molar-refractivity contribution in [2.45, 2.75) is 33.1 Å². The van der Waals surface area contributed by atoms with Gasteiger partial charge in [0.25, 0.3) is 0 Å². The van der Waals surface area contributed by atoms with E-state index in [1.807, 2.05) is 0 Å². The van der Waals surface area contributed by atoms with Crippen LogP contribution in [0, 0.1) is 19.8 Å². The highest BCUT2D eigenvalue weighted by Crippen LogP contribution is 2.29. The number of piperidine rings is 1. The number of hydrogen-bond acceptors (Lipinski definition) is 3. The second-order valence-electron chi connectivity index (χ2n) is 5.59. The first kappa shape index (κ1) is 14.2. The van der Waals surface area contributed by atoms with Gasteiger partial charge in [-0.3, -0.25) is 0 Å². The van der Waals surface area contributed by atoms with E-state index in [2.05, 4.69) is 36.6 Å². The molecule has 106 valence electrons. The summed E-state index contributed by atoms with van der Waals surface area (Å²) in [5, 5.41) is 7.03. The van der Waals surface area contributed by atoms with E-state index in [0.29, 0.717) is 0 Å². The Bertz CT molecular complexity index is 411. The average Bonchev–Trinajstić information content (AvgIpc) is 2.42. The minimum atomic E-state index is 0.818. The summed E-state index contributed by atoms with van der Waals surface area (Å²) >= 11 is 0. The zero-order valence-corrected chi connectivity index (χ0v) is 12.4. The quantitative estimate of drug-likeness (QED) is 0.855. The summed E-state index contributed by atoms with van der Waals surface area (Å²) in [4.78, 5) is 0. The van der Waals surface area contributed by atoms with E-state index in [1.54, 1.807) is 7.11 Å². The lowest BCUT2D eigenvalue weighted by Gasteiger charge is -2.23. The highest BCUT2D eigenvalue weighted by molar-refractivity contribution is 5.63. The maximum atomic E-state index is 5.47. The lowest BCUT2D eigenvalue weighted by Crippen LogP contribution is -2.30. The van der Waals surface area contributed by atoms with E-state index >= 15 is 0 Å². The Hall–Kier alpha value is -1.22. The van der Waals surface area contributed by atoms with Crippen LogP contribution in [0.25, 0.3) is 0 Å². The van der Waals surface area contributed by atoms with E-state index in [-0.39, 0.29) is 0 Å². The van der Waals surface area contributed by atoms with Crippen LogP contribution in [0.15, 0.2) is 12.1 Å². The van der Waals surface area contributed by atoms with Crippen molar-refractivity contribution in [1.29, 1.82) is 0 Å². The number of anilines is 1. The molecular formula is C16H26N2O. The Morgan fingerprint density at radius 1 is 1.37 bits per heavy atom.